The standard InChI is InChI=1S/C26H27F6N5O2/c1-4-20(17-9-18-21(10-19(17)25(27,28)29)34-14(3)35-23(18)38)36-16-7-5-15(6-8-16)24(39)37-12-22(26(30,31)32)33-11-13(37)2/h5-10,13,20,22,33,36H,4,11-12H2,1-3H3,(H,34,35,38). The van der Waals surface area contributed by atoms with Gasteiger partial charge >= 0.3 is 12.4 Å². The number of rotatable bonds is 5. The van der Waals surface area contributed by atoms with Crippen LogP contribution in [0.4, 0.5) is 32.0 Å². The molecule has 3 N–H and O–H groups in total. The molecular weight excluding hydrogens is 528 g/mol. The number of nitrogens with zero attached hydrogens (tertiary/aromatic N) is 2. The topological polar surface area (TPSA) is 90.1 Å². The van der Waals surface area contributed by atoms with Crippen molar-refractivity contribution in [3.63, 3.8) is 0 Å². The smallest absolute Gasteiger partial charge is 0.378 e. The molecule has 1 saturated heterocycles. The molecule has 1 fully saturated rings. The normalized spacial score (nSPS) is 19.3. The summed E-state index contributed by atoms with van der Waals surface area (Å²) in [7, 11) is 0. The Kier molecular flexibility index (Phi) is 7.66. The number of H-pyrrole nitrogens is 1. The van der Waals surface area contributed by atoms with E-state index in [1.165, 1.54) is 37.3 Å². The lowest BCUT2D eigenvalue weighted by molar-refractivity contribution is -0.164. The maximum absolute atomic E-state index is 14.0. The maximum Gasteiger partial charge on any atom is 0.416 e. The van der Waals surface area contributed by atoms with Gasteiger partial charge in [-0.15, -0.1) is 0 Å². The van der Waals surface area contributed by atoms with Gasteiger partial charge < -0.3 is 20.5 Å². The first kappa shape index (κ1) is 28.4. The van der Waals surface area contributed by atoms with E-state index >= 15 is 0 Å². The van der Waals surface area contributed by atoms with Crippen molar-refractivity contribution in [2.75, 3.05) is 18.4 Å². The van der Waals surface area contributed by atoms with E-state index in [-0.39, 0.29) is 40.8 Å². The third kappa shape index (κ3) is 6.02. The van der Waals surface area contributed by atoms with Crippen LogP contribution in [-0.4, -0.2) is 52.1 Å². The Labute approximate surface area is 219 Å². The number of hydrogen-bond acceptors (Lipinski definition) is 5. The fourth-order valence-corrected chi connectivity index (χ4v) is 4.70. The van der Waals surface area contributed by atoms with Crippen LogP contribution in [0.3, 0.4) is 0 Å². The molecule has 1 aliphatic rings. The van der Waals surface area contributed by atoms with Crippen LogP contribution in [0.15, 0.2) is 41.2 Å². The van der Waals surface area contributed by atoms with Crippen LogP contribution in [0.1, 0.15) is 53.6 Å². The van der Waals surface area contributed by atoms with Crippen LogP contribution in [0, 0.1) is 6.92 Å². The Bertz CT molecular complexity index is 1420. The molecule has 3 aromatic rings. The molecule has 1 aliphatic heterocycles. The van der Waals surface area contributed by atoms with Crippen LogP contribution in [0.25, 0.3) is 10.9 Å². The molecule has 2 aromatic carbocycles. The molecule has 7 nitrogen and oxygen atoms in total. The van der Waals surface area contributed by atoms with E-state index in [1.807, 2.05) is 0 Å². The van der Waals surface area contributed by atoms with E-state index in [0.29, 0.717) is 5.69 Å². The second kappa shape index (κ2) is 10.5. The molecule has 39 heavy (non-hydrogen) atoms. The average Bonchev–Trinajstić information content (AvgIpc) is 2.85. The molecule has 0 spiro atoms. The molecule has 0 radical (unpaired) electrons. The summed E-state index contributed by atoms with van der Waals surface area (Å²) in [6.45, 7) is 4.25. The van der Waals surface area contributed by atoms with E-state index in [0.717, 1.165) is 11.0 Å². The van der Waals surface area contributed by atoms with Gasteiger partial charge in [-0.25, -0.2) is 4.98 Å². The quantitative estimate of drug-likeness (QED) is 0.378. The zero-order valence-electron chi connectivity index (χ0n) is 21.3. The van der Waals surface area contributed by atoms with Crippen molar-refractivity contribution < 1.29 is 31.1 Å². The summed E-state index contributed by atoms with van der Waals surface area (Å²) < 4.78 is 81.6. The summed E-state index contributed by atoms with van der Waals surface area (Å²) in [5.74, 6) is -0.384. The van der Waals surface area contributed by atoms with Crippen molar-refractivity contribution in [3.8, 4) is 0 Å². The van der Waals surface area contributed by atoms with Gasteiger partial charge in [0.15, 0.2) is 0 Å². The minimum Gasteiger partial charge on any atom is -0.378 e. The summed E-state index contributed by atoms with van der Waals surface area (Å²) >= 11 is 0. The SMILES string of the molecule is CCC(Nc1ccc(C(=O)N2CC(C(F)(F)F)NCC2C)cc1)c1cc2c(=O)[nH]c(C)nc2cc1C(F)(F)F. The number of amides is 1. The Morgan fingerprint density at radius 3 is 2.41 bits per heavy atom. The average molecular weight is 556 g/mol. The number of benzene rings is 2. The van der Waals surface area contributed by atoms with Gasteiger partial charge in [0.25, 0.3) is 11.5 Å². The van der Waals surface area contributed by atoms with E-state index in [1.54, 1.807) is 13.8 Å². The predicted molar refractivity (Wildman–Crippen MR) is 134 cm³/mol. The first-order valence-corrected chi connectivity index (χ1v) is 12.3. The van der Waals surface area contributed by atoms with E-state index in [4.69, 9.17) is 0 Å². The zero-order valence-corrected chi connectivity index (χ0v) is 21.3. The first-order valence-electron chi connectivity index (χ1n) is 12.3. The minimum atomic E-state index is -4.71. The molecule has 0 saturated carbocycles. The van der Waals surface area contributed by atoms with Crippen LogP contribution in [-0.2, 0) is 6.18 Å². The van der Waals surface area contributed by atoms with Crippen molar-refractivity contribution >= 4 is 22.5 Å². The van der Waals surface area contributed by atoms with Crippen LogP contribution in [0.5, 0.6) is 0 Å². The maximum atomic E-state index is 14.0. The third-order valence-electron chi connectivity index (χ3n) is 6.78. The van der Waals surface area contributed by atoms with Crippen molar-refractivity contribution in [3.05, 3.63) is 69.3 Å². The van der Waals surface area contributed by atoms with E-state index in [2.05, 4.69) is 20.6 Å². The number of aryl methyl sites for hydroxylation is 1. The summed E-state index contributed by atoms with van der Waals surface area (Å²) in [4.78, 5) is 33.1. The third-order valence-corrected chi connectivity index (χ3v) is 6.78. The number of carbonyl (C=O) groups is 1. The first-order chi connectivity index (χ1) is 18.2. The Morgan fingerprint density at radius 2 is 1.82 bits per heavy atom. The fraction of sp³-hybridized carbons (Fsp3) is 0.423. The molecule has 3 atom stereocenters. The van der Waals surface area contributed by atoms with Crippen molar-refractivity contribution in [2.45, 2.75) is 57.7 Å². The van der Waals surface area contributed by atoms with Crippen LogP contribution < -0.4 is 16.2 Å². The second-order valence-electron chi connectivity index (χ2n) is 9.60. The van der Waals surface area contributed by atoms with E-state index < -0.39 is 54.1 Å². The number of aromatic nitrogens is 2. The molecule has 0 bridgehead atoms. The molecule has 1 amide bonds. The molecule has 3 unspecified atom stereocenters. The van der Waals surface area contributed by atoms with Crippen molar-refractivity contribution in [1.29, 1.82) is 0 Å². The van der Waals surface area contributed by atoms with Gasteiger partial charge in [0.1, 0.15) is 11.9 Å². The molecule has 210 valence electrons. The highest BCUT2D eigenvalue weighted by Crippen LogP contribution is 2.38. The number of alkyl halides is 6. The van der Waals surface area contributed by atoms with Crippen molar-refractivity contribution in [1.82, 2.24) is 20.2 Å². The molecular formula is C26H27F6N5O2. The number of carbonyl (C=O) groups excluding carboxylic acids is 1. The van der Waals surface area contributed by atoms with E-state index in [9.17, 15) is 35.9 Å². The monoisotopic (exact) mass is 555 g/mol. The molecule has 0 aliphatic carbocycles. The largest absolute Gasteiger partial charge is 0.416 e. The fourth-order valence-electron chi connectivity index (χ4n) is 4.70. The van der Waals surface area contributed by atoms with Gasteiger partial charge in [-0.05, 0) is 62.2 Å². The number of hydrogen-bond donors (Lipinski definition) is 3. The highest BCUT2D eigenvalue weighted by atomic mass is 19.4. The Balaban J connectivity index is 1.60. The number of anilines is 1. The van der Waals surface area contributed by atoms with Gasteiger partial charge in [-0.1, -0.05) is 6.92 Å². The number of aromatic amines is 1. The van der Waals surface area contributed by atoms with Gasteiger partial charge in [0.2, 0.25) is 0 Å². The lowest BCUT2D eigenvalue weighted by Gasteiger charge is -2.39. The second-order valence-corrected chi connectivity index (χ2v) is 9.60. The van der Waals surface area contributed by atoms with Gasteiger partial charge in [0.05, 0.1) is 22.5 Å². The van der Waals surface area contributed by atoms with Gasteiger partial charge in [0, 0.05) is 30.4 Å². The highest BCUT2D eigenvalue weighted by Gasteiger charge is 2.44. The summed E-state index contributed by atoms with van der Waals surface area (Å²) in [5, 5.41) is 5.43. The lowest BCUT2D eigenvalue weighted by atomic mass is 9.95. The molecule has 2 heterocycles. The lowest BCUT2D eigenvalue weighted by Crippen LogP contribution is -2.61. The van der Waals surface area contributed by atoms with Crippen LogP contribution in [0.2, 0.25) is 0 Å². The molecule has 13 heteroatoms. The van der Waals surface area contributed by atoms with Gasteiger partial charge in [-0.3, -0.25) is 9.59 Å². The number of halogens is 6. The number of fused-ring (bicyclic) bond motifs is 1. The number of piperazine rings is 1. The Hall–Kier alpha value is -3.61. The minimum absolute atomic E-state index is 0.0149. The Morgan fingerprint density at radius 1 is 1.15 bits per heavy atom. The van der Waals surface area contributed by atoms with Gasteiger partial charge in [-0.2, -0.15) is 26.3 Å². The van der Waals surface area contributed by atoms with Crippen molar-refractivity contribution in [2.24, 2.45) is 0 Å². The molecule has 1 aromatic heterocycles. The highest BCUT2D eigenvalue weighted by molar-refractivity contribution is 5.95. The van der Waals surface area contributed by atoms with Crippen LogP contribution >= 0.6 is 0 Å². The summed E-state index contributed by atoms with van der Waals surface area (Å²) in [6.07, 6.45) is -8.98. The molecule has 4 rings (SSSR count). The zero-order chi connectivity index (χ0) is 28.7. The summed E-state index contributed by atoms with van der Waals surface area (Å²) in [5.41, 5.74) is -1.14. The summed E-state index contributed by atoms with van der Waals surface area (Å²) in [6, 6.07) is 4.69. The predicted octanol–water partition coefficient (Wildman–Crippen LogP) is 5.18. The number of nitrogens with one attached hydrogen (secondary N) is 3.